The van der Waals surface area contributed by atoms with Crippen molar-refractivity contribution in [3.63, 3.8) is 0 Å². The molecule has 7 rings (SSSR count). The fourth-order valence-corrected chi connectivity index (χ4v) is 6.58. The number of nitrogens with zero attached hydrogens (tertiary/aromatic N) is 4. The second-order valence-corrected chi connectivity index (χ2v) is 12.5. The van der Waals surface area contributed by atoms with Crippen LogP contribution in [0.4, 0.5) is 11.4 Å². The van der Waals surface area contributed by atoms with E-state index in [2.05, 4.69) is 67.5 Å². The van der Waals surface area contributed by atoms with Gasteiger partial charge in [0, 0.05) is 82.3 Å². The molecule has 4 aromatic carbocycles. The van der Waals surface area contributed by atoms with Crippen LogP contribution < -0.4 is 10.2 Å². The topological polar surface area (TPSA) is 44.3 Å². The van der Waals surface area contributed by atoms with Crippen molar-refractivity contribution in [2.24, 2.45) is 0 Å². The maximum absolute atomic E-state index is 6.44. The molecule has 44 heavy (non-hydrogen) atoms. The van der Waals surface area contributed by atoms with Crippen LogP contribution in [-0.2, 0) is 6.54 Å². The molecular formula is C36H30Cl3N5. The van der Waals surface area contributed by atoms with Crippen molar-refractivity contribution < 1.29 is 0 Å². The second-order valence-electron chi connectivity index (χ2n) is 11.1. The van der Waals surface area contributed by atoms with Crippen molar-refractivity contribution in [2.45, 2.75) is 12.6 Å². The first-order valence-corrected chi connectivity index (χ1v) is 15.8. The lowest BCUT2D eigenvalue weighted by Gasteiger charge is -2.36. The number of halogens is 3. The Labute approximate surface area is 272 Å². The van der Waals surface area contributed by atoms with Gasteiger partial charge in [-0.2, -0.15) is 0 Å². The average molecular weight is 639 g/mol. The summed E-state index contributed by atoms with van der Waals surface area (Å²) >= 11 is 18.9. The number of benzene rings is 4. The van der Waals surface area contributed by atoms with Gasteiger partial charge >= 0.3 is 0 Å². The van der Waals surface area contributed by atoms with Gasteiger partial charge in [0.2, 0.25) is 0 Å². The van der Waals surface area contributed by atoms with Gasteiger partial charge in [0.05, 0.1) is 17.1 Å². The van der Waals surface area contributed by atoms with Crippen LogP contribution in [0.25, 0.3) is 21.8 Å². The number of anilines is 2. The van der Waals surface area contributed by atoms with Crippen LogP contribution in [0.3, 0.4) is 0 Å². The van der Waals surface area contributed by atoms with Crippen LogP contribution in [0, 0.1) is 0 Å². The maximum Gasteiger partial charge on any atom is 0.0768 e. The normalized spacial score (nSPS) is 14.7. The first-order chi connectivity index (χ1) is 21.5. The Hall–Kier alpha value is -3.87. The van der Waals surface area contributed by atoms with Gasteiger partial charge in [-0.15, -0.1) is 0 Å². The van der Waals surface area contributed by atoms with Crippen molar-refractivity contribution in [1.29, 1.82) is 0 Å². The van der Waals surface area contributed by atoms with Gasteiger partial charge in [-0.1, -0.05) is 71.2 Å². The van der Waals surface area contributed by atoms with Crippen molar-refractivity contribution in [3.05, 3.63) is 141 Å². The number of hydrogen-bond acceptors (Lipinski definition) is 5. The Morgan fingerprint density at radius 1 is 0.636 bits per heavy atom. The first kappa shape index (κ1) is 28.9. The predicted molar refractivity (Wildman–Crippen MR) is 184 cm³/mol. The molecule has 5 nitrogen and oxygen atoms in total. The van der Waals surface area contributed by atoms with Gasteiger partial charge in [0.15, 0.2) is 0 Å². The summed E-state index contributed by atoms with van der Waals surface area (Å²) in [5.74, 6) is 0. The third kappa shape index (κ3) is 6.19. The summed E-state index contributed by atoms with van der Waals surface area (Å²) in [7, 11) is 0. The van der Waals surface area contributed by atoms with E-state index in [0.717, 1.165) is 71.3 Å². The van der Waals surface area contributed by atoms with E-state index in [-0.39, 0.29) is 6.04 Å². The number of aromatic nitrogens is 2. The molecule has 1 N–H and O–H groups in total. The molecule has 1 unspecified atom stereocenters. The monoisotopic (exact) mass is 637 g/mol. The van der Waals surface area contributed by atoms with Crippen LogP contribution in [-0.4, -0.2) is 41.0 Å². The van der Waals surface area contributed by atoms with Crippen LogP contribution in [0.1, 0.15) is 22.7 Å². The number of rotatable bonds is 7. The van der Waals surface area contributed by atoms with Gasteiger partial charge in [-0.05, 0) is 77.4 Å². The molecule has 1 aliphatic heterocycles. The van der Waals surface area contributed by atoms with E-state index in [1.54, 1.807) is 0 Å². The fourth-order valence-electron chi connectivity index (χ4n) is 6.05. The lowest BCUT2D eigenvalue weighted by molar-refractivity contribution is 0.250. The van der Waals surface area contributed by atoms with Crippen molar-refractivity contribution in [3.8, 4) is 0 Å². The smallest absolute Gasteiger partial charge is 0.0768 e. The van der Waals surface area contributed by atoms with Crippen LogP contribution in [0.5, 0.6) is 0 Å². The van der Waals surface area contributed by atoms with Gasteiger partial charge < -0.3 is 10.2 Å². The van der Waals surface area contributed by atoms with Crippen LogP contribution >= 0.6 is 34.8 Å². The highest BCUT2D eigenvalue weighted by Gasteiger charge is 2.20. The summed E-state index contributed by atoms with van der Waals surface area (Å²) in [4.78, 5) is 14.0. The number of pyridine rings is 2. The van der Waals surface area contributed by atoms with Gasteiger partial charge in [0.25, 0.3) is 0 Å². The molecule has 0 bridgehead atoms. The molecule has 6 aromatic rings. The Bertz CT molecular complexity index is 1940. The van der Waals surface area contributed by atoms with E-state index in [1.807, 2.05) is 67.0 Å². The minimum Gasteiger partial charge on any atom is -0.374 e. The zero-order chi connectivity index (χ0) is 30.0. The lowest BCUT2D eigenvalue weighted by atomic mass is 9.97. The molecule has 1 atom stereocenters. The minimum atomic E-state index is -0.0994. The summed E-state index contributed by atoms with van der Waals surface area (Å²) in [5.41, 5.74) is 7.54. The molecule has 0 radical (unpaired) electrons. The van der Waals surface area contributed by atoms with Gasteiger partial charge in [-0.25, -0.2) is 0 Å². The Morgan fingerprint density at radius 3 is 2.02 bits per heavy atom. The molecule has 220 valence electrons. The lowest BCUT2D eigenvalue weighted by Crippen LogP contribution is -2.46. The molecule has 0 aliphatic carbocycles. The number of nitrogens with one attached hydrogen (secondary N) is 1. The summed E-state index contributed by atoms with van der Waals surface area (Å²) in [6, 6.07) is 32.7. The van der Waals surface area contributed by atoms with E-state index >= 15 is 0 Å². The van der Waals surface area contributed by atoms with E-state index in [4.69, 9.17) is 34.8 Å². The zero-order valence-electron chi connectivity index (χ0n) is 23.9. The summed E-state index contributed by atoms with van der Waals surface area (Å²) in [6.07, 6.45) is 3.69. The average Bonchev–Trinajstić information content (AvgIpc) is 3.04. The molecule has 1 fully saturated rings. The number of piperazine rings is 1. The molecule has 1 aliphatic rings. The van der Waals surface area contributed by atoms with E-state index in [0.29, 0.717) is 15.1 Å². The third-order valence-electron chi connectivity index (χ3n) is 8.30. The SMILES string of the molecule is Clc1cccc(C(Nc2ccnc3cc(Cl)ccc23)c2ccc(CN3CCN(c4ccnc5cc(Cl)ccc45)CC3)cc2)c1. The summed E-state index contributed by atoms with van der Waals surface area (Å²) in [6.45, 7) is 4.82. The minimum absolute atomic E-state index is 0.0994. The highest BCUT2D eigenvalue weighted by molar-refractivity contribution is 6.31. The summed E-state index contributed by atoms with van der Waals surface area (Å²) in [5, 5.41) is 8.02. The first-order valence-electron chi connectivity index (χ1n) is 14.7. The van der Waals surface area contributed by atoms with Gasteiger partial charge in [0.1, 0.15) is 0 Å². The van der Waals surface area contributed by atoms with E-state index in [1.165, 1.54) is 11.3 Å². The Kier molecular flexibility index (Phi) is 8.28. The molecule has 0 spiro atoms. The standard InChI is InChI=1S/C36H30Cl3N5/c37-27-3-1-2-26(20-27)36(42-32-12-14-40-33-21-28(38)8-10-30(32)33)25-6-4-24(5-7-25)23-43-16-18-44(19-17-43)35-13-15-41-34-22-29(39)9-11-31(34)35/h1-15,20-22,36H,16-19,23H2,(H,40,42). The van der Waals surface area contributed by atoms with Crippen LogP contribution in [0.15, 0.2) is 109 Å². The van der Waals surface area contributed by atoms with E-state index in [9.17, 15) is 0 Å². The van der Waals surface area contributed by atoms with Crippen molar-refractivity contribution in [2.75, 3.05) is 36.4 Å². The molecule has 1 saturated heterocycles. The highest BCUT2D eigenvalue weighted by atomic mass is 35.5. The molecule has 2 aromatic heterocycles. The molecule has 0 amide bonds. The van der Waals surface area contributed by atoms with Crippen LogP contribution in [0.2, 0.25) is 15.1 Å². The third-order valence-corrected chi connectivity index (χ3v) is 9.01. The molecular weight excluding hydrogens is 609 g/mol. The van der Waals surface area contributed by atoms with Gasteiger partial charge in [-0.3, -0.25) is 14.9 Å². The second kappa shape index (κ2) is 12.6. The Balaban J connectivity index is 1.07. The molecule has 8 heteroatoms. The molecule has 3 heterocycles. The van der Waals surface area contributed by atoms with Crippen molar-refractivity contribution >= 4 is 68.0 Å². The largest absolute Gasteiger partial charge is 0.374 e. The van der Waals surface area contributed by atoms with E-state index < -0.39 is 0 Å². The zero-order valence-corrected chi connectivity index (χ0v) is 26.2. The van der Waals surface area contributed by atoms with Crippen molar-refractivity contribution in [1.82, 2.24) is 14.9 Å². The quantitative estimate of drug-likeness (QED) is 0.189. The highest BCUT2D eigenvalue weighted by Crippen LogP contribution is 2.33. The maximum atomic E-state index is 6.44. The Morgan fingerprint density at radius 2 is 1.30 bits per heavy atom. The molecule has 0 saturated carbocycles. The fraction of sp³-hybridized carbons (Fsp3) is 0.167. The number of fused-ring (bicyclic) bond motifs is 2. The predicted octanol–water partition coefficient (Wildman–Crippen LogP) is 9.27. The summed E-state index contributed by atoms with van der Waals surface area (Å²) < 4.78 is 0. The number of hydrogen-bond donors (Lipinski definition) is 1.